The smallest absolute Gasteiger partial charge is 0.258 e. The molecule has 1 aliphatic heterocycles. The number of fused-ring (bicyclic) bond motifs is 1. The minimum atomic E-state index is 0.407. The molecule has 1 N–H and O–H groups in total. The first-order chi connectivity index (χ1) is 11.8. The first-order valence-corrected chi connectivity index (χ1v) is 7.88. The van der Waals surface area contributed by atoms with Gasteiger partial charge in [0, 0.05) is 10.6 Å². The van der Waals surface area contributed by atoms with Gasteiger partial charge in [-0.2, -0.15) is 4.98 Å². The van der Waals surface area contributed by atoms with Gasteiger partial charge in [0.1, 0.15) is 13.2 Å². The Labute approximate surface area is 143 Å². The molecule has 122 valence electrons. The second kappa shape index (κ2) is 6.41. The van der Waals surface area contributed by atoms with Gasteiger partial charge in [-0.1, -0.05) is 28.9 Å². The van der Waals surface area contributed by atoms with Gasteiger partial charge in [0.2, 0.25) is 0 Å². The maximum absolute atomic E-state index is 5.98. The van der Waals surface area contributed by atoms with E-state index in [9.17, 15) is 0 Å². The number of para-hydroxylation sites is 1. The van der Waals surface area contributed by atoms with E-state index >= 15 is 0 Å². The van der Waals surface area contributed by atoms with Crippen molar-refractivity contribution in [3.05, 3.63) is 53.3 Å². The predicted octanol–water partition coefficient (Wildman–Crippen LogP) is 3.77. The number of anilines is 1. The zero-order chi connectivity index (χ0) is 16.4. The molecule has 2 heterocycles. The minimum absolute atomic E-state index is 0.407. The molecule has 0 fully saturated rings. The molecule has 0 bridgehead atoms. The van der Waals surface area contributed by atoms with Crippen molar-refractivity contribution < 1.29 is 14.0 Å². The fourth-order valence-corrected chi connectivity index (χ4v) is 2.64. The molecule has 0 atom stereocenters. The molecule has 0 unspecified atom stereocenters. The highest BCUT2D eigenvalue weighted by Gasteiger charge is 2.16. The molecule has 0 aliphatic carbocycles. The minimum Gasteiger partial charge on any atom is -0.486 e. The van der Waals surface area contributed by atoms with Crippen molar-refractivity contribution in [1.82, 2.24) is 10.1 Å². The summed E-state index contributed by atoms with van der Waals surface area (Å²) < 4.78 is 16.5. The fourth-order valence-electron chi connectivity index (χ4n) is 2.45. The van der Waals surface area contributed by atoms with Gasteiger partial charge in [0.15, 0.2) is 17.3 Å². The van der Waals surface area contributed by atoms with Crippen molar-refractivity contribution in [3.63, 3.8) is 0 Å². The lowest BCUT2D eigenvalue weighted by Gasteiger charge is -2.21. The van der Waals surface area contributed by atoms with Gasteiger partial charge < -0.3 is 19.3 Å². The van der Waals surface area contributed by atoms with E-state index in [0.29, 0.717) is 42.2 Å². The first kappa shape index (κ1) is 14.8. The lowest BCUT2D eigenvalue weighted by atomic mass is 10.2. The van der Waals surface area contributed by atoms with Gasteiger partial charge in [-0.3, -0.25) is 0 Å². The molecular weight excluding hydrogens is 330 g/mol. The summed E-state index contributed by atoms with van der Waals surface area (Å²) in [6, 6.07) is 13.0. The molecule has 0 spiro atoms. The van der Waals surface area contributed by atoms with E-state index in [0.717, 1.165) is 17.0 Å². The van der Waals surface area contributed by atoms with Crippen LogP contribution in [0.4, 0.5) is 5.69 Å². The van der Waals surface area contributed by atoms with Crippen molar-refractivity contribution in [2.75, 3.05) is 18.5 Å². The number of aromatic nitrogens is 2. The summed E-state index contributed by atoms with van der Waals surface area (Å²) in [5.74, 6) is 2.42. The first-order valence-electron chi connectivity index (χ1n) is 7.50. The van der Waals surface area contributed by atoms with Gasteiger partial charge in [0.25, 0.3) is 5.89 Å². The lowest BCUT2D eigenvalue weighted by Crippen LogP contribution is -2.16. The quantitative estimate of drug-likeness (QED) is 0.777. The number of rotatable bonds is 4. The van der Waals surface area contributed by atoms with Crippen LogP contribution in [0, 0.1) is 0 Å². The molecular formula is C17H14ClN3O3. The standard InChI is InChI=1S/C17H14ClN3O3/c18-12-4-1-3-11(9-12)17-20-15(21-24-17)10-19-13-5-2-6-14-16(13)23-8-7-22-14/h1-6,9,19H,7-8,10H2. The summed E-state index contributed by atoms with van der Waals surface area (Å²) in [5.41, 5.74) is 1.62. The maximum Gasteiger partial charge on any atom is 0.258 e. The number of nitrogens with zero attached hydrogens (tertiary/aromatic N) is 2. The van der Waals surface area contributed by atoms with E-state index in [1.54, 1.807) is 12.1 Å². The summed E-state index contributed by atoms with van der Waals surface area (Å²) in [6.45, 7) is 1.50. The Balaban J connectivity index is 1.49. The average Bonchev–Trinajstić information content (AvgIpc) is 3.09. The summed E-state index contributed by atoms with van der Waals surface area (Å²) in [5, 5.41) is 7.86. The van der Waals surface area contributed by atoms with E-state index in [1.165, 1.54) is 0 Å². The highest BCUT2D eigenvalue weighted by Crippen LogP contribution is 2.37. The number of hydrogen-bond donors (Lipinski definition) is 1. The Kier molecular flexibility index (Phi) is 3.96. The van der Waals surface area contributed by atoms with E-state index < -0.39 is 0 Å². The Morgan fingerprint density at radius 2 is 1.96 bits per heavy atom. The van der Waals surface area contributed by atoms with Crippen LogP contribution in [-0.2, 0) is 6.54 Å². The third-order valence-electron chi connectivity index (χ3n) is 3.54. The molecule has 3 aromatic rings. The van der Waals surface area contributed by atoms with Gasteiger partial charge in [-0.25, -0.2) is 0 Å². The van der Waals surface area contributed by atoms with Crippen molar-refractivity contribution in [3.8, 4) is 23.0 Å². The Hall–Kier alpha value is -2.73. The predicted molar refractivity (Wildman–Crippen MR) is 89.5 cm³/mol. The SMILES string of the molecule is Clc1cccc(-c2nc(CNc3cccc4c3OCCO4)no2)c1. The molecule has 24 heavy (non-hydrogen) atoms. The summed E-state index contributed by atoms with van der Waals surface area (Å²) >= 11 is 5.98. The lowest BCUT2D eigenvalue weighted by molar-refractivity contribution is 0.172. The van der Waals surface area contributed by atoms with Gasteiger partial charge in [-0.15, -0.1) is 0 Å². The number of halogens is 1. The largest absolute Gasteiger partial charge is 0.486 e. The highest BCUT2D eigenvalue weighted by molar-refractivity contribution is 6.30. The number of benzene rings is 2. The number of nitrogens with one attached hydrogen (secondary N) is 1. The van der Waals surface area contributed by atoms with Gasteiger partial charge in [-0.05, 0) is 30.3 Å². The molecule has 1 aromatic heterocycles. The Morgan fingerprint density at radius 1 is 1.08 bits per heavy atom. The Bertz CT molecular complexity index is 866. The van der Waals surface area contributed by atoms with E-state index in [-0.39, 0.29) is 0 Å². The maximum atomic E-state index is 5.98. The van der Waals surface area contributed by atoms with Crippen molar-refractivity contribution in [2.24, 2.45) is 0 Å². The average molecular weight is 344 g/mol. The van der Waals surface area contributed by atoms with Crippen LogP contribution in [0.2, 0.25) is 5.02 Å². The molecule has 7 heteroatoms. The Morgan fingerprint density at radius 3 is 2.88 bits per heavy atom. The summed E-state index contributed by atoms with van der Waals surface area (Å²) in [4.78, 5) is 4.38. The molecule has 6 nitrogen and oxygen atoms in total. The molecule has 1 aliphatic rings. The third-order valence-corrected chi connectivity index (χ3v) is 3.78. The van der Waals surface area contributed by atoms with Crippen LogP contribution < -0.4 is 14.8 Å². The molecule has 0 amide bonds. The van der Waals surface area contributed by atoms with Crippen molar-refractivity contribution >= 4 is 17.3 Å². The van der Waals surface area contributed by atoms with Crippen LogP contribution >= 0.6 is 11.6 Å². The molecule has 0 radical (unpaired) electrons. The fraction of sp³-hybridized carbons (Fsp3) is 0.176. The summed E-state index contributed by atoms with van der Waals surface area (Å²) in [7, 11) is 0. The van der Waals surface area contributed by atoms with E-state index in [4.69, 9.17) is 25.6 Å². The van der Waals surface area contributed by atoms with Crippen molar-refractivity contribution in [1.29, 1.82) is 0 Å². The second-order valence-electron chi connectivity index (χ2n) is 5.21. The van der Waals surface area contributed by atoms with Crippen LogP contribution in [0.1, 0.15) is 5.82 Å². The van der Waals surface area contributed by atoms with Crippen LogP contribution in [0.25, 0.3) is 11.5 Å². The van der Waals surface area contributed by atoms with Crippen LogP contribution in [-0.4, -0.2) is 23.4 Å². The van der Waals surface area contributed by atoms with Gasteiger partial charge >= 0.3 is 0 Å². The highest BCUT2D eigenvalue weighted by atomic mass is 35.5. The molecule has 4 rings (SSSR count). The molecule has 0 saturated heterocycles. The monoisotopic (exact) mass is 343 g/mol. The van der Waals surface area contributed by atoms with E-state index in [1.807, 2.05) is 30.3 Å². The van der Waals surface area contributed by atoms with Crippen LogP contribution in [0.3, 0.4) is 0 Å². The molecule has 0 saturated carbocycles. The number of ether oxygens (including phenoxy) is 2. The van der Waals surface area contributed by atoms with Gasteiger partial charge in [0.05, 0.1) is 12.2 Å². The van der Waals surface area contributed by atoms with E-state index in [2.05, 4.69) is 15.5 Å². The van der Waals surface area contributed by atoms with Crippen molar-refractivity contribution in [2.45, 2.75) is 6.54 Å². The van der Waals surface area contributed by atoms with Crippen LogP contribution in [0.15, 0.2) is 47.0 Å². The zero-order valence-corrected chi connectivity index (χ0v) is 13.4. The second-order valence-corrected chi connectivity index (χ2v) is 5.65. The summed E-state index contributed by atoms with van der Waals surface area (Å²) in [6.07, 6.45) is 0. The molecule has 2 aromatic carbocycles. The normalized spacial score (nSPS) is 12.9. The van der Waals surface area contributed by atoms with Crippen LogP contribution in [0.5, 0.6) is 11.5 Å². The number of hydrogen-bond acceptors (Lipinski definition) is 6. The third kappa shape index (κ3) is 3.00. The topological polar surface area (TPSA) is 69.4 Å². The zero-order valence-electron chi connectivity index (χ0n) is 12.7.